The third-order valence-electron chi connectivity index (χ3n) is 3.06. The van der Waals surface area contributed by atoms with Gasteiger partial charge in [0, 0.05) is 9.75 Å². The number of hydrogen-bond donors (Lipinski definition) is 0. The maximum absolute atomic E-state index is 2.20. The van der Waals surface area contributed by atoms with Crippen LogP contribution in [-0.4, -0.2) is 0 Å². The van der Waals surface area contributed by atoms with Crippen LogP contribution in [0.3, 0.4) is 0 Å². The van der Waals surface area contributed by atoms with Gasteiger partial charge in [0.05, 0.1) is 0 Å². The number of rotatable bonds is 0. The number of hydrogen-bond acceptors (Lipinski definition) is 2. The molecule has 0 amide bonds. The predicted octanol–water partition coefficient (Wildman–Crippen LogP) is 5.98. The summed E-state index contributed by atoms with van der Waals surface area (Å²) in [6.45, 7) is 13.0. The van der Waals surface area contributed by atoms with Crippen LogP contribution in [0.5, 0.6) is 0 Å². The van der Waals surface area contributed by atoms with Gasteiger partial charge in [-0.25, -0.2) is 0 Å². The molecule has 0 aliphatic rings. The van der Waals surface area contributed by atoms with E-state index in [0.29, 0.717) is 0 Å². The average Bonchev–Trinajstić information content (AvgIpc) is 2.70. The van der Waals surface area contributed by atoms with Crippen LogP contribution in [0, 0.1) is 41.5 Å². The first kappa shape index (κ1) is 16.4. The van der Waals surface area contributed by atoms with Crippen molar-refractivity contribution in [2.75, 3.05) is 0 Å². The fourth-order valence-corrected chi connectivity index (χ4v) is 3.00. The molecule has 0 spiro atoms. The van der Waals surface area contributed by atoms with Crippen LogP contribution in [0.25, 0.3) is 0 Å². The van der Waals surface area contributed by atoms with Crippen molar-refractivity contribution in [3.05, 3.63) is 42.8 Å². The Morgan fingerprint density at radius 3 is 1.00 bits per heavy atom. The molecule has 2 heterocycles. The van der Waals surface area contributed by atoms with Gasteiger partial charge in [-0.05, 0) is 74.6 Å². The molecule has 0 aliphatic carbocycles. The molecular weight excluding hydrogens is 244 g/mol. The monoisotopic (exact) mass is 268 g/mol. The van der Waals surface area contributed by atoms with Gasteiger partial charge in [0.1, 0.15) is 0 Å². The molecule has 96 valence electrons. The molecule has 0 aromatic carbocycles. The Morgan fingerprint density at radius 1 is 0.647 bits per heavy atom. The van der Waals surface area contributed by atoms with Crippen LogP contribution >= 0.6 is 22.7 Å². The fourth-order valence-electron chi connectivity index (χ4n) is 1.26. The third kappa shape index (κ3) is 4.29. The van der Waals surface area contributed by atoms with Gasteiger partial charge in [-0.15, -0.1) is 22.7 Å². The Hall–Kier alpha value is -0.600. The lowest BCUT2D eigenvalue weighted by molar-refractivity contribution is 1.35. The van der Waals surface area contributed by atoms with Crippen molar-refractivity contribution in [2.45, 2.75) is 49.0 Å². The van der Waals surface area contributed by atoms with E-state index in [1.165, 1.54) is 32.0 Å². The minimum atomic E-state index is 0. The topological polar surface area (TPSA) is 0 Å². The van der Waals surface area contributed by atoms with E-state index in [1.807, 2.05) is 22.7 Å². The zero-order valence-corrected chi connectivity index (χ0v) is 12.6. The van der Waals surface area contributed by atoms with Crippen LogP contribution < -0.4 is 0 Å². The van der Waals surface area contributed by atoms with E-state index in [9.17, 15) is 0 Å². The molecule has 0 N–H and O–H groups in total. The van der Waals surface area contributed by atoms with E-state index in [2.05, 4.69) is 52.3 Å². The molecule has 0 radical (unpaired) electrons. The van der Waals surface area contributed by atoms with Crippen LogP contribution in [0.2, 0.25) is 0 Å². The fraction of sp³-hybridized carbons (Fsp3) is 0.467. The molecule has 0 aliphatic heterocycles. The Morgan fingerprint density at radius 2 is 0.941 bits per heavy atom. The van der Waals surface area contributed by atoms with Gasteiger partial charge in [-0.2, -0.15) is 0 Å². The summed E-state index contributed by atoms with van der Waals surface area (Å²) >= 11 is 3.66. The van der Waals surface area contributed by atoms with E-state index in [1.54, 1.807) is 0 Å². The predicted molar refractivity (Wildman–Crippen MR) is 83.8 cm³/mol. The summed E-state index contributed by atoms with van der Waals surface area (Å²) in [7, 11) is 0. The van der Waals surface area contributed by atoms with Crippen molar-refractivity contribution < 1.29 is 0 Å². The minimum absolute atomic E-state index is 0. The molecule has 0 fully saturated rings. The van der Waals surface area contributed by atoms with Gasteiger partial charge < -0.3 is 0 Å². The van der Waals surface area contributed by atoms with Crippen molar-refractivity contribution in [3.63, 3.8) is 0 Å². The first-order chi connectivity index (χ1) is 7.43. The third-order valence-corrected chi connectivity index (χ3v) is 5.33. The normalized spacial score (nSPS) is 9.29. The highest BCUT2D eigenvalue weighted by atomic mass is 32.1. The summed E-state index contributed by atoms with van der Waals surface area (Å²) in [5.41, 5.74) is 5.75. The first-order valence-electron chi connectivity index (χ1n) is 5.46. The van der Waals surface area contributed by atoms with E-state index >= 15 is 0 Å². The summed E-state index contributed by atoms with van der Waals surface area (Å²) < 4.78 is 0. The highest BCUT2D eigenvalue weighted by molar-refractivity contribution is 7.10. The lowest BCUT2D eigenvalue weighted by Crippen LogP contribution is -1.70. The molecule has 2 aromatic heterocycles. The lowest BCUT2D eigenvalue weighted by Gasteiger charge is -1.86. The minimum Gasteiger partial charge on any atom is -0.149 e. The quantitative estimate of drug-likeness (QED) is 0.551. The summed E-state index contributed by atoms with van der Waals surface area (Å²) in [6.07, 6.45) is 0. The Kier molecular flexibility index (Phi) is 6.73. The molecule has 17 heavy (non-hydrogen) atoms. The number of thiophene rings is 2. The molecular formula is C15H24S2. The summed E-state index contributed by atoms with van der Waals surface area (Å²) in [6, 6.07) is 0. The zero-order valence-electron chi connectivity index (χ0n) is 11.0. The average molecular weight is 268 g/mol. The molecule has 0 bridgehead atoms. The highest BCUT2D eigenvalue weighted by Crippen LogP contribution is 2.19. The van der Waals surface area contributed by atoms with E-state index in [0.717, 1.165) is 0 Å². The van der Waals surface area contributed by atoms with Crippen molar-refractivity contribution in [1.82, 2.24) is 0 Å². The molecule has 2 rings (SSSR count). The highest BCUT2D eigenvalue weighted by Gasteiger charge is 1.96. The van der Waals surface area contributed by atoms with Gasteiger partial charge in [0.15, 0.2) is 0 Å². The first-order valence-corrected chi connectivity index (χ1v) is 7.22. The zero-order chi connectivity index (χ0) is 12.3. The van der Waals surface area contributed by atoms with E-state index in [4.69, 9.17) is 0 Å². The van der Waals surface area contributed by atoms with E-state index < -0.39 is 0 Å². The maximum Gasteiger partial charge on any atom is 0.00461 e. The molecule has 2 aromatic rings. The molecule has 2 heteroatoms. The molecule has 0 saturated carbocycles. The van der Waals surface area contributed by atoms with Gasteiger partial charge >= 0.3 is 0 Å². The summed E-state index contributed by atoms with van der Waals surface area (Å²) in [4.78, 5) is 2.89. The van der Waals surface area contributed by atoms with Gasteiger partial charge in [0.2, 0.25) is 0 Å². The Bertz CT molecular complexity index is 378. The summed E-state index contributed by atoms with van der Waals surface area (Å²) in [5, 5.41) is 4.40. The van der Waals surface area contributed by atoms with Crippen LogP contribution in [0.15, 0.2) is 10.8 Å². The molecule has 0 saturated heterocycles. The maximum atomic E-state index is 2.20. The van der Waals surface area contributed by atoms with Gasteiger partial charge in [-0.3, -0.25) is 0 Å². The van der Waals surface area contributed by atoms with Crippen LogP contribution in [0.4, 0.5) is 0 Å². The summed E-state index contributed by atoms with van der Waals surface area (Å²) in [5.74, 6) is 0. The molecule has 0 nitrogen and oxygen atoms in total. The van der Waals surface area contributed by atoms with Crippen molar-refractivity contribution in [3.8, 4) is 0 Å². The second-order valence-electron chi connectivity index (χ2n) is 4.20. The second-order valence-corrected chi connectivity index (χ2v) is 6.37. The van der Waals surface area contributed by atoms with Crippen molar-refractivity contribution >= 4 is 22.7 Å². The largest absolute Gasteiger partial charge is 0.149 e. The lowest BCUT2D eigenvalue weighted by atomic mass is 10.2. The van der Waals surface area contributed by atoms with E-state index in [-0.39, 0.29) is 7.43 Å². The van der Waals surface area contributed by atoms with Crippen molar-refractivity contribution in [1.29, 1.82) is 0 Å². The SMILES string of the molecule is C.Cc1csc(C)c1C.Cc1csc(C)c1C. The van der Waals surface area contributed by atoms with Crippen LogP contribution in [0.1, 0.15) is 39.4 Å². The number of aryl methyl sites for hydroxylation is 4. The Balaban J connectivity index is 0.000000284. The molecule has 0 atom stereocenters. The smallest absolute Gasteiger partial charge is 0.00461 e. The van der Waals surface area contributed by atoms with Crippen molar-refractivity contribution in [2.24, 2.45) is 0 Å². The second kappa shape index (κ2) is 6.97. The van der Waals surface area contributed by atoms with Gasteiger partial charge in [-0.1, -0.05) is 7.43 Å². The molecule has 0 unspecified atom stereocenters. The standard InChI is InChI=1S/2C7H10S.CH4/c2*1-5-4-8-7(3)6(5)2;/h2*4H,1-3H3;1H4. The Labute approximate surface area is 114 Å². The van der Waals surface area contributed by atoms with Gasteiger partial charge in [0.25, 0.3) is 0 Å². The van der Waals surface area contributed by atoms with Crippen LogP contribution in [-0.2, 0) is 0 Å².